The van der Waals surface area contributed by atoms with Gasteiger partial charge in [-0.2, -0.15) is 0 Å². The Balaban J connectivity index is 2.26. The maximum atomic E-state index is 12.0. The highest BCUT2D eigenvalue weighted by Crippen LogP contribution is 2.32. The Morgan fingerprint density at radius 2 is 2.06 bits per heavy atom. The molecule has 1 N–H and O–H groups in total. The van der Waals surface area contributed by atoms with E-state index >= 15 is 0 Å². The highest BCUT2D eigenvalue weighted by molar-refractivity contribution is 9.10. The van der Waals surface area contributed by atoms with Crippen molar-refractivity contribution in [2.24, 2.45) is 0 Å². The number of amides is 1. The van der Waals surface area contributed by atoms with E-state index < -0.39 is 0 Å². The minimum Gasteiger partial charge on any atom is -0.321 e. The number of nitrogens with one attached hydrogen (secondary N) is 1. The number of aryl methyl sites for hydroxylation is 1. The van der Waals surface area contributed by atoms with Gasteiger partial charge in [0, 0.05) is 4.47 Å². The van der Waals surface area contributed by atoms with Crippen molar-refractivity contribution in [2.75, 3.05) is 5.32 Å². The van der Waals surface area contributed by atoms with Gasteiger partial charge in [0.2, 0.25) is 0 Å². The highest BCUT2D eigenvalue weighted by atomic mass is 79.9. The largest absolute Gasteiger partial charge is 0.321 e. The van der Waals surface area contributed by atoms with Crippen molar-refractivity contribution < 1.29 is 4.79 Å². The second-order valence-electron chi connectivity index (χ2n) is 3.68. The van der Waals surface area contributed by atoms with Crippen LogP contribution in [0.15, 0.2) is 28.7 Å². The molecule has 2 aromatic rings. The van der Waals surface area contributed by atoms with Gasteiger partial charge in [-0.05, 0) is 46.6 Å². The van der Waals surface area contributed by atoms with Crippen LogP contribution < -0.4 is 5.32 Å². The standard InChI is InChI=1S/C12H8BrCl2NOS/c1-6-2-3-8(13)9(4-6)16-12(17)7-5-10(14)18-11(7)15/h2-5H,1H3,(H,16,17). The van der Waals surface area contributed by atoms with Crippen molar-refractivity contribution in [2.45, 2.75) is 6.92 Å². The molecule has 0 bridgehead atoms. The summed E-state index contributed by atoms with van der Waals surface area (Å²) < 4.78 is 1.70. The van der Waals surface area contributed by atoms with Gasteiger partial charge in [0.25, 0.3) is 5.91 Å². The Bertz CT molecular complexity index is 612. The summed E-state index contributed by atoms with van der Waals surface area (Å²) in [7, 11) is 0. The second-order valence-corrected chi connectivity index (χ2v) is 6.82. The number of benzene rings is 1. The van der Waals surface area contributed by atoms with E-state index in [1.54, 1.807) is 6.07 Å². The molecule has 2 nitrogen and oxygen atoms in total. The summed E-state index contributed by atoms with van der Waals surface area (Å²) in [5, 5.41) is 2.80. The number of halogens is 3. The number of carbonyl (C=O) groups excluding carboxylic acids is 1. The molecule has 1 heterocycles. The first kappa shape index (κ1) is 13.9. The van der Waals surface area contributed by atoms with Gasteiger partial charge < -0.3 is 5.32 Å². The van der Waals surface area contributed by atoms with E-state index in [2.05, 4.69) is 21.2 Å². The van der Waals surface area contributed by atoms with Crippen LogP contribution in [-0.4, -0.2) is 5.91 Å². The zero-order chi connectivity index (χ0) is 13.3. The zero-order valence-electron chi connectivity index (χ0n) is 9.26. The number of anilines is 1. The zero-order valence-corrected chi connectivity index (χ0v) is 13.2. The van der Waals surface area contributed by atoms with Gasteiger partial charge in [0.05, 0.1) is 15.6 Å². The number of rotatable bonds is 2. The van der Waals surface area contributed by atoms with Crippen molar-refractivity contribution >= 4 is 62.1 Å². The van der Waals surface area contributed by atoms with E-state index in [1.165, 1.54) is 11.3 Å². The van der Waals surface area contributed by atoms with Crippen LogP contribution in [0.2, 0.25) is 8.67 Å². The molecule has 0 atom stereocenters. The van der Waals surface area contributed by atoms with Crippen molar-refractivity contribution in [3.05, 3.63) is 48.5 Å². The Kier molecular flexibility index (Phi) is 4.33. The van der Waals surface area contributed by atoms with E-state index in [9.17, 15) is 4.79 Å². The molecule has 0 aliphatic heterocycles. The second kappa shape index (κ2) is 5.61. The molecule has 1 aromatic carbocycles. The quantitative estimate of drug-likeness (QED) is 0.761. The van der Waals surface area contributed by atoms with Crippen molar-refractivity contribution in [1.82, 2.24) is 0 Å². The van der Waals surface area contributed by atoms with Gasteiger partial charge in [-0.25, -0.2) is 0 Å². The molecule has 0 saturated heterocycles. The summed E-state index contributed by atoms with van der Waals surface area (Å²) >= 11 is 16.3. The van der Waals surface area contributed by atoms with Crippen LogP contribution in [0.3, 0.4) is 0 Å². The first-order chi connectivity index (χ1) is 8.47. The molecule has 0 spiro atoms. The molecular formula is C12H8BrCl2NOS. The Labute approximate surface area is 127 Å². The molecule has 0 aliphatic rings. The first-order valence-electron chi connectivity index (χ1n) is 4.99. The lowest BCUT2D eigenvalue weighted by Gasteiger charge is -2.07. The van der Waals surface area contributed by atoms with Gasteiger partial charge >= 0.3 is 0 Å². The van der Waals surface area contributed by atoms with E-state index in [1.807, 2.05) is 25.1 Å². The minimum absolute atomic E-state index is 0.269. The lowest BCUT2D eigenvalue weighted by atomic mass is 10.2. The smallest absolute Gasteiger partial charge is 0.258 e. The molecule has 2 rings (SSSR count). The summed E-state index contributed by atoms with van der Waals surface area (Å²) in [5.74, 6) is -0.269. The number of carbonyl (C=O) groups is 1. The average Bonchev–Trinajstić information content (AvgIpc) is 2.63. The molecule has 94 valence electrons. The van der Waals surface area contributed by atoms with Crippen LogP contribution in [0, 0.1) is 6.92 Å². The van der Waals surface area contributed by atoms with E-state index in [-0.39, 0.29) is 5.91 Å². The van der Waals surface area contributed by atoms with Gasteiger partial charge in [-0.1, -0.05) is 29.3 Å². The average molecular weight is 365 g/mol. The monoisotopic (exact) mass is 363 g/mol. The molecule has 0 aliphatic carbocycles. The van der Waals surface area contributed by atoms with Crippen molar-refractivity contribution in [1.29, 1.82) is 0 Å². The summed E-state index contributed by atoms with van der Waals surface area (Å²) in [6.07, 6.45) is 0. The van der Waals surface area contributed by atoms with Crippen LogP contribution in [-0.2, 0) is 0 Å². The third-order valence-corrected chi connectivity index (χ3v) is 4.45. The van der Waals surface area contributed by atoms with Crippen molar-refractivity contribution in [3.8, 4) is 0 Å². The summed E-state index contributed by atoms with van der Waals surface area (Å²) in [4.78, 5) is 12.0. The Morgan fingerprint density at radius 3 is 2.67 bits per heavy atom. The number of hydrogen-bond donors (Lipinski definition) is 1. The van der Waals surface area contributed by atoms with Gasteiger partial charge in [0.15, 0.2) is 0 Å². The van der Waals surface area contributed by atoms with Gasteiger partial charge in [0.1, 0.15) is 4.34 Å². The minimum atomic E-state index is -0.269. The summed E-state index contributed by atoms with van der Waals surface area (Å²) in [5.41, 5.74) is 2.15. The molecule has 1 amide bonds. The topological polar surface area (TPSA) is 29.1 Å². The predicted molar refractivity (Wildman–Crippen MR) is 81.2 cm³/mol. The van der Waals surface area contributed by atoms with Crippen LogP contribution in [0.25, 0.3) is 0 Å². The fourth-order valence-electron chi connectivity index (χ4n) is 1.42. The fourth-order valence-corrected chi connectivity index (χ4v) is 3.22. The van der Waals surface area contributed by atoms with Gasteiger partial charge in [-0.15, -0.1) is 11.3 Å². The molecule has 0 radical (unpaired) electrons. The SMILES string of the molecule is Cc1ccc(Br)c(NC(=O)c2cc(Cl)sc2Cl)c1. The van der Waals surface area contributed by atoms with Crippen LogP contribution >= 0.6 is 50.5 Å². The van der Waals surface area contributed by atoms with Crippen LogP contribution in [0.5, 0.6) is 0 Å². The lowest BCUT2D eigenvalue weighted by molar-refractivity contribution is 0.102. The maximum Gasteiger partial charge on any atom is 0.258 e. The first-order valence-corrected chi connectivity index (χ1v) is 7.36. The van der Waals surface area contributed by atoms with E-state index in [0.717, 1.165) is 10.0 Å². The molecule has 0 saturated carbocycles. The molecule has 6 heteroatoms. The van der Waals surface area contributed by atoms with Gasteiger partial charge in [-0.3, -0.25) is 4.79 Å². The Morgan fingerprint density at radius 1 is 1.33 bits per heavy atom. The Hall–Kier alpha value is -0.550. The molecular weight excluding hydrogens is 357 g/mol. The third-order valence-electron chi connectivity index (χ3n) is 2.27. The summed E-state index contributed by atoms with van der Waals surface area (Å²) in [6.45, 7) is 1.95. The van der Waals surface area contributed by atoms with E-state index in [4.69, 9.17) is 23.2 Å². The molecule has 0 unspecified atom stereocenters. The molecule has 1 aromatic heterocycles. The maximum absolute atomic E-state index is 12.0. The van der Waals surface area contributed by atoms with E-state index in [0.29, 0.717) is 19.9 Å². The van der Waals surface area contributed by atoms with Crippen molar-refractivity contribution in [3.63, 3.8) is 0 Å². The number of hydrogen-bond acceptors (Lipinski definition) is 2. The highest BCUT2D eigenvalue weighted by Gasteiger charge is 2.15. The predicted octanol–water partition coefficient (Wildman–Crippen LogP) is 5.38. The third kappa shape index (κ3) is 3.06. The summed E-state index contributed by atoms with van der Waals surface area (Å²) in [6, 6.07) is 7.28. The normalized spacial score (nSPS) is 10.4. The van der Waals surface area contributed by atoms with Crippen LogP contribution in [0.1, 0.15) is 15.9 Å². The van der Waals surface area contributed by atoms with Crippen LogP contribution in [0.4, 0.5) is 5.69 Å². The number of thiophene rings is 1. The molecule has 0 fully saturated rings. The lowest BCUT2D eigenvalue weighted by Crippen LogP contribution is -2.11. The molecule has 18 heavy (non-hydrogen) atoms. The fraction of sp³-hybridized carbons (Fsp3) is 0.0833.